The zero-order valence-corrected chi connectivity index (χ0v) is 8.63. The van der Waals surface area contributed by atoms with Crippen LogP contribution in [0.1, 0.15) is 33.6 Å². The Morgan fingerprint density at radius 2 is 1.92 bits per heavy atom. The molecule has 0 fully saturated rings. The molecular formula is C10H18O3. The fourth-order valence-electron chi connectivity index (χ4n) is 0.834. The lowest BCUT2D eigenvalue weighted by Gasteiger charge is -2.04. The van der Waals surface area contributed by atoms with Crippen molar-refractivity contribution in [2.45, 2.75) is 33.6 Å². The Bertz CT molecular complexity index is 173. The minimum absolute atomic E-state index is 0.00167. The van der Waals surface area contributed by atoms with Gasteiger partial charge in [-0.05, 0) is 19.3 Å². The molecule has 0 unspecified atom stereocenters. The second-order valence-corrected chi connectivity index (χ2v) is 3.65. The lowest BCUT2D eigenvalue weighted by Crippen LogP contribution is -2.13. The van der Waals surface area contributed by atoms with Crippen LogP contribution in [-0.4, -0.2) is 24.8 Å². The third kappa shape index (κ3) is 9.21. The highest BCUT2D eigenvalue weighted by molar-refractivity contribution is 5.98. The van der Waals surface area contributed by atoms with Crippen LogP contribution in [0.4, 0.5) is 0 Å². The van der Waals surface area contributed by atoms with Gasteiger partial charge in [0.1, 0.15) is 12.4 Å². The molecule has 0 aliphatic carbocycles. The van der Waals surface area contributed by atoms with Gasteiger partial charge in [0.25, 0.3) is 0 Å². The molecule has 0 aliphatic heterocycles. The number of ketones is 2. The normalized spacial score (nSPS) is 10.5. The maximum absolute atomic E-state index is 11.0. The Labute approximate surface area is 79.5 Å². The molecule has 0 atom stereocenters. The van der Waals surface area contributed by atoms with E-state index in [0.717, 1.165) is 6.42 Å². The van der Waals surface area contributed by atoms with Gasteiger partial charge in [-0.3, -0.25) is 9.59 Å². The van der Waals surface area contributed by atoms with E-state index in [1.807, 2.05) is 0 Å². The van der Waals surface area contributed by atoms with Crippen molar-refractivity contribution in [1.29, 1.82) is 0 Å². The Morgan fingerprint density at radius 1 is 1.31 bits per heavy atom. The zero-order valence-electron chi connectivity index (χ0n) is 8.63. The zero-order chi connectivity index (χ0) is 10.3. The summed E-state index contributed by atoms with van der Waals surface area (Å²) in [6, 6.07) is 0. The minimum Gasteiger partial charge on any atom is -0.374 e. The second-order valence-electron chi connectivity index (χ2n) is 3.65. The van der Waals surface area contributed by atoms with Gasteiger partial charge in [0, 0.05) is 6.61 Å². The topological polar surface area (TPSA) is 43.4 Å². The van der Waals surface area contributed by atoms with E-state index in [0.29, 0.717) is 12.5 Å². The van der Waals surface area contributed by atoms with Crippen LogP contribution in [0.5, 0.6) is 0 Å². The van der Waals surface area contributed by atoms with Crippen LogP contribution in [0.2, 0.25) is 0 Å². The largest absolute Gasteiger partial charge is 0.374 e. The van der Waals surface area contributed by atoms with E-state index in [2.05, 4.69) is 13.8 Å². The van der Waals surface area contributed by atoms with Crippen molar-refractivity contribution < 1.29 is 14.3 Å². The molecule has 0 saturated carbocycles. The van der Waals surface area contributed by atoms with E-state index in [-0.39, 0.29) is 24.6 Å². The van der Waals surface area contributed by atoms with Crippen molar-refractivity contribution in [1.82, 2.24) is 0 Å². The SMILES string of the molecule is CC(=O)CC(=O)COCCC(C)C. The average molecular weight is 186 g/mol. The summed E-state index contributed by atoms with van der Waals surface area (Å²) in [5.41, 5.74) is 0. The van der Waals surface area contributed by atoms with Crippen LogP contribution in [0.15, 0.2) is 0 Å². The van der Waals surface area contributed by atoms with E-state index < -0.39 is 0 Å². The summed E-state index contributed by atoms with van der Waals surface area (Å²) in [5, 5.41) is 0. The van der Waals surface area contributed by atoms with Gasteiger partial charge in [0.2, 0.25) is 0 Å². The molecule has 0 aromatic carbocycles. The lowest BCUT2D eigenvalue weighted by molar-refractivity contribution is -0.128. The number of carbonyl (C=O) groups excluding carboxylic acids is 2. The molecule has 0 spiro atoms. The molecule has 0 radical (unpaired) electrons. The van der Waals surface area contributed by atoms with Crippen molar-refractivity contribution in [3.8, 4) is 0 Å². The average Bonchev–Trinajstić information content (AvgIpc) is 1.96. The van der Waals surface area contributed by atoms with Gasteiger partial charge in [-0.2, -0.15) is 0 Å². The molecular weight excluding hydrogens is 168 g/mol. The van der Waals surface area contributed by atoms with Crippen LogP contribution in [0.25, 0.3) is 0 Å². The monoisotopic (exact) mass is 186 g/mol. The maximum atomic E-state index is 11.0. The van der Waals surface area contributed by atoms with Crippen LogP contribution < -0.4 is 0 Å². The number of hydrogen-bond donors (Lipinski definition) is 0. The predicted molar refractivity (Wildman–Crippen MR) is 50.6 cm³/mol. The highest BCUT2D eigenvalue weighted by Gasteiger charge is 2.05. The second kappa shape index (κ2) is 6.78. The number of ether oxygens (including phenoxy) is 1. The summed E-state index contributed by atoms with van der Waals surface area (Å²) in [6.45, 7) is 6.28. The summed E-state index contributed by atoms with van der Waals surface area (Å²) in [6.07, 6.45) is 0.953. The maximum Gasteiger partial charge on any atom is 0.165 e. The molecule has 76 valence electrons. The molecule has 0 heterocycles. The van der Waals surface area contributed by atoms with E-state index >= 15 is 0 Å². The third-order valence-corrected chi connectivity index (χ3v) is 1.55. The van der Waals surface area contributed by atoms with Crippen LogP contribution >= 0.6 is 0 Å². The number of Topliss-reactive ketones (excluding diaryl/α,β-unsaturated/α-hetero) is 2. The van der Waals surface area contributed by atoms with Gasteiger partial charge in [-0.15, -0.1) is 0 Å². The van der Waals surface area contributed by atoms with Crippen LogP contribution in [0.3, 0.4) is 0 Å². The standard InChI is InChI=1S/C10H18O3/c1-8(2)4-5-13-7-10(12)6-9(3)11/h8H,4-7H2,1-3H3. The van der Waals surface area contributed by atoms with Crippen molar-refractivity contribution in [3.05, 3.63) is 0 Å². The Balaban J connectivity index is 3.32. The smallest absolute Gasteiger partial charge is 0.165 e. The molecule has 0 rings (SSSR count). The fourth-order valence-corrected chi connectivity index (χ4v) is 0.834. The first kappa shape index (κ1) is 12.3. The number of rotatable bonds is 7. The van der Waals surface area contributed by atoms with E-state index in [9.17, 15) is 9.59 Å². The van der Waals surface area contributed by atoms with Gasteiger partial charge in [-0.1, -0.05) is 13.8 Å². The third-order valence-electron chi connectivity index (χ3n) is 1.55. The van der Waals surface area contributed by atoms with Gasteiger partial charge < -0.3 is 4.74 Å². The van der Waals surface area contributed by atoms with E-state index in [1.54, 1.807) is 0 Å². The first-order chi connectivity index (χ1) is 6.02. The highest BCUT2D eigenvalue weighted by atomic mass is 16.5. The summed E-state index contributed by atoms with van der Waals surface area (Å²) < 4.78 is 5.11. The molecule has 3 heteroatoms. The molecule has 0 N–H and O–H groups in total. The van der Waals surface area contributed by atoms with Crippen LogP contribution in [0, 0.1) is 5.92 Å². The van der Waals surface area contributed by atoms with Crippen molar-refractivity contribution >= 4 is 11.6 Å². The van der Waals surface area contributed by atoms with E-state index in [1.165, 1.54) is 6.92 Å². The first-order valence-corrected chi connectivity index (χ1v) is 4.61. The number of hydrogen-bond acceptors (Lipinski definition) is 3. The molecule has 0 amide bonds. The summed E-state index contributed by atoms with van der Waals surface area (Å²) >= 11 is 0. The van der Waals surface area contributed by atoms with Crippen molar-refractivity contribution in [2.75, 3.05) is 13.2 Å². The Morgan fingerprint density at radius 3 is 2.38 bits per heavy atom. The summed E-state index contributed by atoms with van der Waals surface area (Å²) in [5.74, 6) is 0.358. The minimum atomic E-state index is -0.128. The molecule has 0 saturated heterocycles. The Kier molecular flexibility index (Phi) is 6.41. The van der Waals surface area contributed by atoms with Crippen molar-refractivity contribution in [2.24, 2.45) is 5.92 Å². The molecule has 0 aromatic heterocycles. The molecule has 0 aliphatic rings. The summed E-state index contributed by atoms with van der Waals surface area (Å²) in [7, 11) is 0. The van der Waals surface area contributed by atoms with Crippen molar-refractivity contribution in [3.63, 3.8) is 0 Å². The van der Waals surface area contributed by atoms with Gasteiger partial charge in [-0.25, -0.2) is 0 Å². The summed E-state index contributed by atoms with van der Waals surface area (Å²) in [4.78, 5) is 21.5. The Hall–Kier alpha value is -0.700. The lowest BCUT2D eigenvalue weighted by atomic mass is 10.1. The highest BCUT2D eigenvalue weighted by Crippen LogP contribution is 1.99. The molecule has 0 aromatic rings. The van der Waals surface area contributed by atoms with Crippen LogP contribution in [-0.2, 0) is 14.3 Å². The van der Waals surface area contributed by atoms with E-state index in [4.69, 9.17) is 4.74 Å². The molecule has 0 bridgehead atoms. The van der Waals surface area contributed by atoms with Gasteiger partial charge >= 0.3 is 0 Å². The van der Waals surface area contributed by atoms with Gasteiger partial charge in [0.15, 0.2) is 5.78 Å². The quantitative estimate of drug-likeness (QED) is 0.448. The number of carbonyl (C=O) groups is 2. The van der Waals surface area contributed by atoms with Gasteiger partial charge in [0.05, 0.1) is 6.42 Å². The fraction of sp³-hybridized carbons (Fsp3) is 0.800. The first-order valence-electron chi connectivity index (χ1n) is 4.61. The molecule has 13 heavy (non-hydrogen) atoms. The predicted octanol–water partition coefficient (Wildman–Crippen LogP) is 1.60. The molecule has 3 nitrogen and oxygen atoms in total.